The van der Waals surface area contributed by atoms with E-state index in [4.69, 9.17) is 16.0 Å². The predicted octanol–water partition coefficient (Wildman–Crippen LogP) is 3.82. The number of carbonyl (C=O) groups is 1. The molecule has 0 saturated heterocycles. The van der Waals surface area contributed by atoms with Crippen LogP contribution in [0.3, 0.4) is 0 Å². The van der Waals surface area contributed by atoms with Gasteiger partial charge in [0.05, 0.1) is 5.02 Å². The summed E-state index contributed by atoms with van der Waals surface area (Å²) in [7, 11) is 0. The largest absolute Gasteiger partial charge is 0.451 e. The van der Waals surface area contributed by atoms with Crippen molar-refractivity contribution in [2.45, 2.75) is 32.3 Å². The standard InChI is InChI=1S/C14H15ClO3/c1-3-14(17,4-2)13(16)11-8-9-6-5-7-10(15)12(9)18-11/h5-8,17H,3-4H2,1-2H3. The maximum Gasteiger partial charge on any atom is 0.229 e. The van der Waals surface area contributed by atoms with Crippen LogP contribution in [0.15, 0.2) is 28.7 Å². The molecular weight excluding hydrogens is 252 g/mol. The van der Waals surface area contributed by atoms with E-state index in [0.717, 1.165) is 5.39 Å². The van der Waals surface area contributed by atoms with Crippen molar-refractivity contribution >= 4 is 28.4 Å². The Morgan fingerprint density at radius 1 is 1.39 bits per heavy atom. The van der Waals surface area contributed by atoms with E-state index in [1.54, 1.807) is 32.0 Å². The average Bonchev–Trinajstić information content (AvgIpc) is 2.82. The molecule has 96 valence electrons. The summed E-state index contributed by atoms with van der Waals surface area (Å²) in [4.78, 5) is 12.2. The molecule has 0 fully saturated rings. The zero-order valence-corrected chi connectivity index (χ0v) is 11.1. The summed E-state index contributed by atoms with van der Waals surface area (Å²) in [5.41, 5.74) is -0.877. The van der Waals surface area contributed by atoms with E-state index >= 15 is 0 Å². The first-order valence-corrected chi connectivity index (χ1v) is 6.35. The van der Waals surface area contributed by atoms with Crippen molar-refractivity contribution in [3.05, 3.63) is 35.0 Å². The van der Waals surface area contributed by atoms with E-state index in [-0.39, 0.29) is 11.5 Å². The van der Waals surface area contributed by atoms with Gasteiger partial charge in [-0.15, -0.1) is 0 Å². The van der Waals surface area contributed by atoms with Crippen molar-refractivity contribution in [2.75, 3.05) is 0 Å². The lowest BCUT2D eigenvalue weighted by atomic mass is 9.91. The fraction of sp³-hybridized carbons (Fsp3) is 0.357. The second-order valence-electron chi connectivity index (χ2n) is 4.34. The molecular formula is C14H15ClO3. The van der Waals surface area contributed by atoms with Crippen molar-refractivity contribution in [3.63, 3.8) is 0 Å². The average molecular weight is 267 g/mol. The van der Waals surface area contributed by atoms with Crippen LogP contribution >= 0.6 is 11.6 Å². The zero-order valence-electron chi connectivity index (χ0n) is 10.4. The molecule has 1 aromatic carbocycles. The fourth-order valence-electron chi connectivity index (χ4n) is 1.94. The van der Waals surface area contributed by atoms with Crippen molar-refractivity contribution in [2.24, 2.45) is 0 Å². The first-order valence-electron chi connectivity index (χ1n) is 5.97. The molecule has 1 N–H and O–H groups in total. The third kappa shape index (κ3) is 2.04. The molecule has 4 heteroatoms. The highest BCUT2D eigenvalue weighted by molar-refractivity contribution is 6.34. The Kier molecular flexibility index (Phi) is 3.46. The minimum Gasteiger partial charge on any atom is -0.451 e. The van der Waals surface area contributed by atoms with Gasteiger partial charge in [-0.05, 0) is 25.0 Å². The number of fused-ring (bicyclic) bond motifs is 1. The smallest absolute Gasteiger partial charge is 0.229 e. The predicted molar refractivity (Wildman–Crippen MR) is 71.1 cm³/mol. The van der Waals surface area contributed by atoms with Gasteiger partial charge >= 0.3 is 0 Å². The minimum atomic E-state index is -1.36. The first kappa shape index (κ1) is 13.1. The van der Waals surface area contributed by atoms with Gasteiger partial charge in [-0.25, -0.2) is 0 Å². The molecule has 0 saturated carbocycles. The number of benzene rings is 1. The molecule has 0 amide bonds. The lowest BCUT2D eigenvalue weighted by Crippen LogP contribution is -2.36. The molecule has 2 rings (SSSR count). The maximum atomic E-state index is 12.2. The molecule has 0 aliphatic heterocycles. The molecule has 1 heterocycles. The summed E-state index contributed by atoms with van der Waals surface area (Å²) < 4.78 is 5.47. The van der Waals surface area contributed by atoms with Crippen molar-refractivity contribution in [3.8, 4) is 0 Å². The summed E-state index contributed by atoms with van der Waals surface area (Å²) in [6.07, 6.45) is 0.709. The lowest BCUT2D eigenvalue weighted by Gasteiger charge is -2.21. The molecule has 0 unspecified atom stereocenters. The number of furan rings is 1. The Morgan fingerprint density at radius 3 is 2.61 bits per heavy atom. The van der Waals surface area contributed by atoms with Gasteiger partial charge in [0.1, 0.15) is 5.60 Å². The van der Waals surface area contributed by atoms with Crippen molar-refractivity contribution < 1.29 is 14.3 Å². The topological polar surface area (TPSA) is 50.4 Å². The number of hydrogen-bond acceptors (Lipinski definition) is 3. The highest BCUT2D eigenvalue weighted by Gasteiger charge is 2.35. The Bertz CT molecular complexity index is 582. The Morgan fingerprint density at radius 2 is 2.06 bits per heavy atom. The van der Waals surface area contributed by atoms with Crippen LogP contribution in [-0.4, -0.2) is 16.5 Å². The van der Waals surface area contributed by atoms with Gasteiger partial charge in [0.2, 0.25) is 5.78 Å². The van der Waals surface area contributed by atoms with Gasteiger partial charge in [0.25, 0.3) is 0 Å². The third-order valence-electron chi connectivity index (χ3n) is 3.31. The normalized spacial score (nSPS) is 12.0. The van der Waals surface area contributed by atoms with Gasteiger partial charge in [0.15, 0.2) is 11.3 Å². The molecule has 0 bridgehead atoms. The minimum absolute atomic E-state index is 0.157. The van der Waals surface area contributed by atoms with Crippen LogP contribution in [0.1, 0.15) is 37.2 Å². The number of carbonyl (C=O) groups excluding carboxylic acids is 1. The number of Topliss-reactive ketones (excluding diaryl/α,β-unsaturated/α-hetero) is 1. The van der Waals surface area contributed by atoms with Gasteiger partial charge in [-0.2, -0.15) is 0 Å². The van der Waals surface area contributed by atoms with Crippen LogP contribution in [0.2, 0.25) is 5.02 Å². The maximum absolute atomic E-state index is 12.2. The fourth-order valence-corrected chi connectivity index (χ4v) is 2.16. The third-order valence-corrected chi connectivity index (χ3v) is 3.61. The Balaban J connectivity index is 2.49. The van der Waals surface area contributed by atoms with Gasteiger partial charge in [-0.3, -0.25) is 4.79 Å². The van der Waals surface area contributed by atoms with Crippen LogP contribution in [-0.2, 0) is 0 Å². The van der Waals surface area contributed by atoms with Gasteiger partial charge in [0, 0.05) is 5.39 Å². The van der Waals surface area contributed by atoms with Gasteiger partial charge in [-0.1, -0.05) is 37.6 Å². The summed E-state index contributed by atoms with van der Waals surface area (Å²) in [6.45, 7) is 3.55. The van der Waals surface area contributed by atoms with Crippen LogP contribution in [0, 0.1) is 0 Å². The summed E-state index contributed by atoms with van der Waals surface area (Å²) in [5, 5.41) is 11.4. The highest BCUT2D eigenvalue weighted by Crippen LogP contribution is 2.29. The van der Waals surface area contributed by atoms with Gasteiger partial charge < -0.3 is 9.52 Å². The van der Waals surface area contributed by atoms with Crippen LogP contribution in [0.4, 0.5) is 0 Å². The quantitative estimate of drug-likeness (QED) is 0.856. The Labute approximate surface area is 110 Å². The number of rotatable bonds is 4. The van der Waals surface area contributed by atoms with Crippen LogP contribution in [0.25, 0.3) is 11.0 Å². The van der Waals surface area contributed by atoms with Crippen molar-refractivity contribution in [1.82, 2.24) is 0 Å². The molecule has 3 nitrogen and oxygen atoms in total. The first-order chi connectivity index (χ1) is 8.51. The zero-order chi connectivity index (χ0) is 13.3. The molecule has 0 atom stereocenters. The number of aliphatic hydroxyl groups is 1. The van der Waals surface area contributed by atoms with E-state index in [9.17, 15) is 9.90 Å². The second kappa shape index (κ2) is 4.75. The molecule has 1 aromatic heterocycles. The number of hydrogen-bond donors (Lipinski definition) is 1. The van der Waals surface area contributed by atoms with Crippen LogP contribution < -0.4 is 0 Å². The molecule has 18 heavy (non-hydrogen) atoms. The number of para-hydroxylation sites is 1. The second-order valence-corrected chi connectivity index (χ2v) is 4.74. The van der Waals surface area contributed by atoms with E-state index in [1.165, 1.54) is 0 Å². The lowest BCUT2D eigenvalue weighted by molar-refractivity contribution is 0.0253. The summed E-state index contributed by atoms with van der Waals surface area (Å²) in [6, 6.07) is 6.94. The monoisotopic (exact) mass is 266 g/mol. The van der Waals surface area contributed by atoms with E-state index in [0.29, 0.717) is 23.4 Å². The van der Waals surface area contributed by atoms with Crippen molar-refractivity contribution in [1.29, 1.82) is 0 Å². The molecule has 0 radical (unpaired) electrons. The van der Waals surface area contributed by atoms with E-state index in [1.807, 2.05) is 6.07 Å². The molecule has 0 spiro atoms. The molecule has 2 aromatic rings. The Hall–Kier alpha value is -1.32. The highest BCUT2D eigenvalue weighted by atomic mass is 35.5. The molecule has 0 aliphatic carbocycles. The number of halogens is 1. The van der Waals surface area contributed by atoms with E-state index in [2.05, 4.69) is 0 Å². The summed E-state index contributed by atoms with van der Waals surface area (Å²) >= 11 is 5.99. The number of ketones is 1. The van der Waals surface area contributed by atoms with Crippen LogP contribution in [0.5, 0.6) is 0 Å². The van der Waals surface area contributed by atoms with E-state index < -0.39 is 5.60 Å². The summed E-state index contributed by atoms with van der Waals surface area (Å²) in [5.74, 6) is -0.232. The molecule has 0 aliphatic rings. The SMILES string of the molecule is CCC(O)(CC)C(=O)c1cc2cccc(Cl)c2o1.